The highest BCUT2D eigenvalue weighted by molar-refractivity contribution is 5.74. The summed E-state index contributed by atoms with van der Waals surface area (Å²) in [6.45, 7) is 7.94. The van der Waals surface area contributed by atoms with Crippen LogP contribution in [0.4, 0.5) is 4.79 Å². The van der Waals surface area contributed by atoms with E-state index in [0.717, 1.165) is 13.0 Å². The third-order valence-corrected chi connectivity index (χ3v) is 3.01. The van der Waals surface area contributed by atoms with Crippen LogP contribution in [0.2, 0.25) is 0 Å². The van der Waals surface area contributed by atoms with Crippen molar-refractivity contribution in [2.45, 2.75) is 51.6 Å². The average Bonchev–Trinajstić information content (AvgIpc) is 2.29. The van der Waals surface area contributed by atoms with Crippen molar-refractivity contribution in [1.29, 1.82) is 0 Å². The standard InChI is InChI=1S/C11H23N3O/c1-4-12-10(15)14-9-7-5-6-8-13-11(9,2)3/h9,13H,4-8H2,1-3H3,(H2,12,14,15). The minimum absolute atomic E-state index is 0.0123. The van der Waals surface area contributed by atoms with E-state index in [1.54, 1.807) is 0 Å². The summed E-state index contributed by atoms with van der Waals surface area (Å²) in [4.78, 5) is 11.5. The van der Waals surface area contributed by atoms with Crippen LogP contribution in [-0.4, -0.2) is 30.7 Å². The Labute approximate surface area is 92.2 Å². The lowest BCUT2D eigenvalue weighted by molar-refractivity contribution is 0.223. The average molecular weight is 213 g/mol. The fraction of sp³-hybridized carbons (Fsp3) is 0.909. The van der Waals surface area contributed by atoms with Crippen LogP contribution in [0.15, 0.2) is 0 Å². The highest BCUT2D eigenvalue weighted by Crippen LogP contribution is 2.18. The zero-order valence-corrected chi connectivity index (χ0v) is 10.0. The number of rotatable bonds is 2. The van der Waals surface area contributed by atoms with E-state index in [1.165, 1.54) is 12.8 Å². The second kappa shape index (κ2) is 5.35. The molecule has 3 N–H and O–H groups in total. The van der Waals surface area contributed by atoms with Crippen molar-refractivity contribution in [2.75, 3.05) is 13.1 Å². The molecule has 1 aliphatic heterocycles. The minimum Gasteiger partial charge on any atom is -0.338 e. The van der Waals surface area contributed by atoms with Gasteiger partial charge in [0.05, 0.1) is 0 Å². The Morgan fingerprint density at radius 3 is 2.87 bits per heavy atom. The van der Waals surface area contributed by atoms with Crippen molar-refractivity contribution < 1.29 is 4.79 Å². The molecule has 4 heteroatoms. The molecule has 15 heavy (non-hydrogen) atoms. The van der Waals surface area contributed by atoms with Crippen molar-refractivity contribution >= 4 is 6.03 Å². The van der Waals surface area contributed by atoms with E-state index in [2.05, 4.69) is 29.8 Å². The normalized spacial score (nSPS) is 25.4. The highest BCUT2D eigenvalue weighted by Gasteiger charge is 2.31. The maximum atomic E-state index is 11.5. The maximum Gasteiger partial charge on any atom is 0.315 e. The van der Waals surface area contributed by atoms with Crippen LogP contribution in [0.1, 0.15) is 40.0 Å². The zero-order chi connectivity index (χ0) is 11.3. The predicted molar refractivity (Wildman–Crippen MR) is 61.9 cm³/mol. The first-order chi connectivity index (χ1) is 7.06. The number of nitrogens with one attached hydrogen (secondary N) is 3. The van der Waals surface area contributed by atoms with Crippen LogP contribution >= 0.6 is 0 Å². The lowest BCUT2D eigenvalue weighted by atomic mass is 9.92. The third-order valence-electron chi connectivity index (χ3n) is 3.01. The van der Waals surface area contributed by atoms with Crippen molar-refractivity contribution in [3.63, 3.8) is 0 Å². The Morgan fingerprint density at radius 1 is 1.47 bits per heavy atom. The molecule has 0 aromatic rings. The van der Waals surface area contributed by atoms with Gasteiger partial charge in [0.1, 0.15) is 0 Å². The molecule has 0 aromatic carbocycles. The van der Waals surface area contributed by atoms with Crippen LogP contribution in [0.3, 0.4) is 0 Å². The molecule has 1 aliphatic rings. The van der Waals surface area contributed by atoms with Gasteiger partial charge in [0.15, 0.2) is 0 Å². The summed E-state index contributed by atoms with van der Waals surface area (Å²) >= 11 is 0. The Bertz CT molecular complexity index is 216. The van der Waals surface area contributed by atoms with Gasteiger partial charge in [-0.15, -0.1) is 0 Å². The first-order valence-corrected chi connectivity index (χ1v) is 5.85. The molecule has 0 aromatic heterocycles. The Morgan fingerprint density at radius 2 is 2.20 bits per heavy atom. The number of carbonyl (C=O) groups excluding carboxylic acids is 1. The van der Waals surface area contributed by atoms with Crippen molar-refractivity contribution in [3.05, 3.63) is 0 Å². The van der Waals surface area contributed by atoms with Gasteiger partial charge in [0.25, 0.3) is 0 Å². The summed E-state index contributed by atoms with van der Waals surface area (Å²) in [6.07, 6.45) is 3.42. The molecule has 1 unspecified atom stereocenters. The molecule has 0 saturated carbocycles. The molecule has 0 aliphatic carbocycles. The molecule has 1 rings (SSSR count). The van der Waals surface area contributed by atoms with Gasteiger partial charge < -0.3 is 16.0 Å². The Kier molecular flexibility index (Phi) is 4.39. The number of urea groups is 1. The van der Waals surface area contributed by atoms with Crippen LogP contribution < -0.4 is 16.0 Å². The molecular weight excluding hydrogens is 190 g/mol. The molecule has 4 nitrogen and oxygen atoms in total. The van der Waals surface area contributed by atoms with Crippen molar-refractivity contribution in [2.24, 2.45) is 0 Å². The van der Waals surface area contributed by atoms with Gasteiger partial charge in [0.2, 0.25) is 0 Å². The summed E-state index contributed by atoms with van der Waals surface area (Å²) in [6, 6.07) is 0.158. The predicted octanol–water partition coefficient (Wildman–Crippen LogP) is 1.23. The van der Waals surface area contributed by atoms with Crippen molar-refractivity contribution in [1.82, 2.24) is 16.0 Å². The molecule has 2 amide bonds. The fourth-order valence-corrected chi connectivity index (χ4v) is 1.99. The van der Waals surface area contributed by atoms with E-state index >= 15 is 0 Å². The van der Waals surface area contributed by atoms with E-state index in [4.69, 9.17) is 0 Å². The van der Waals surface area contributed by atoms with Crippen LogP contribution in [0, 0.1) is 0 Å². The molecule has 0 bridgehead atoms. The molecular formula is C11H23N3O. The van der Waals surface area contributed by atoms with Crippen LogP contribution in [-0.2, 0) is 0 Å². The lowest BCUT2D eigenvalue weighted by Crippen LogP contribution is -2.57. The number of carbonyl (C=O) groups is 1. The summed E-state index contributed by atoms with van der Waals surface area (Å²) in [5.74, 6) is 0. The molecule has 0 spiro atoms. The fourth-order valence-electron chi connectivity index (χ4n) is 1.99. The lowest BCUT2D eigenvalue weighted by Gasteiger charge is -2.34. The summed E-state index contributed by atoms with van der Waals surface area (Å²) < 4.78 is 0. The van der Waals surface area contributed by atoms with E-state index < -0.39 is 0 Å². The Balaban J connectivity index is 2.52. The number of hydrogen-bond donors (Lipinski definition) is 3. The molecule has 1 saturated heterocycles. The first-order valence-electron chi connectivity index (χ1n) is 5.85. The smallest absolute Gasteiger partial charge is 0.315 e. The zero-order valence-electron chi connectivity index (χ0n) is 10.0. The van der Waals surface area contributed by atoms with Gasteiger partial charge in [-0.25, -0.2) is 4.79 Å². The number of hydrogen-bond acceptors (Lipinski definition) is 2. The first kappa shape index (κ1) is 12.3. The largest absolute Gasteiger partial charge is 0.338 e. The van der Waals surface area contributed by atoms with E-state index in [1.807, 2.05) is 6.92 Å². The third kappa shape index (κ3) is 3.70. The molecule has 0 radical (unpaired) electrons. The van der Waals surface area contributed by atoms with Gasteiger partial charge in [0, 0.05) is 18.1 Å². The van der Waals surface area contributed by atoms with Gasteiger partial charge in [-0.2, -0.15) is 0 Å². The van der Waals surface area contributed by atoms with Crippen LogP contribution in [0.25, 0.3) is 0 Å². The second-order valence-corrected chi connectivity index (χ2v) is 4.70. The van der Waals surface area contributed by atoms with Gasteiger partial charge in [-0.05, 0) is 40.2 Å². The maximum absolute atomic E-state index is 11.5. The van der Waals surface area contributed by atoms with Gasteiger partial charge in [-0.3, -0.25) is 0 Å². The topological polar surface area (TPSA) is 53.2 Å². The quantitative estimate of drug-likeness (QED) is 0.646. The van der Waals surface area contributed by atoms with E-state index in [-0.39, 0.29) is 17.6 Å². The SMILES string of the molecule is CCNC(=O)NC1CCCCNC1(C)C. The highest BCUT2D eigenvalue weighted by atomic mass is 16.2. The second-order valence-electron chi connectivity index (χ2n) is 4.70. The van der Waals surface area contributed by atoms with Crippen LogP contribution in [0.5, 0.6) is 0 Å². The minimum atomic E-state index is -0.0562. The molecule has 1 heterocycles. The molecule has 1 atom stereocenters. The van der Waals surface area contributed by atoms with Crippen molar-refractivity contribution in [3.8, 4) is 0 Å². The van der Waals surface area contributed by atoms with Gasteiger partial charge in [-0.1, -0.05) is 6.42 Å². The summed E-state index contributed by atoms with van der Waals surface area (Å²) in [5.41, 5.74) is -0.0123. The summed E-state index contributed by atoms with van der Waals surface area (Å²) in [5, 5.41) is 9.29. The summed E-state index contributed by atoms with van der Waals surface area (Å²) in [7, 11) is 0. The number of amides is 2. The monoisotopic (exact) mass is 213 g/mol. The van der Waals surface area contributed by atoms with E-state index in [9.17, 15) is 4.79 Å². The molecule has 1 fully saturated rings. The molecule has 88 valence electrons. The van der Waals surface area contributed by atoms with Gasteiger partial charge >= 0.3 is 6.03 Å². The Hall–Kier alpha value is -0.770. The van der Waals surface area contributed by atoms with E-state index in [0.29, 0.717) is 6.54 Å².